The fraction of sp³-hybridized carbons (Fsp3) is 0.667. The molecule has 4 atom stereocenters. The van der Waals surface area contributed by atoms with Gasteiger partial charge in [-0.15, -0.1) is 0 Å². The number of benzene rings is 1. The average Bonchev–Trinajstić information content (AvgIpc) is 2.97. The van der Waals surface area contributed by atoms with E-state index in [0.29, 0.717) is 6.04 Å². The van der Waals surface area contributed by atoms with E-state index in [-0.39, 0.29) is 0 Å². The molecule has 110 valence electrons. The molecule has 2 aliphatic heterocycles. The number of nitrogens with zero attached hydrogens (tertiary/aromatic N) is 1. The summed E-state index contributed by atoms with van der Waals surface area (Å²) in [5.41, 5.74) is 4.33. The lowest BCUT2D eigenvalue weighted by Crippen LogP contribution is -2.37. The highest BCUT2D eigenvalue weighted by atomic mass is 15.2. The molecule has 0 aliphatic carbocycles. The Balaban J connectivity index is 1.84. The van der Waals surface area contributed by atoms with E-state index in [9.17, 15) is 0 Å². The molecule has 0 saturated carbocycles. The number of aryl methyl sites for hydroxylation is 2. The fourth-order valence-corrected chi connectivity index (χ4v) is 4.51. The standard InChI is InChI=1S/C18H28N2/c1-5-18-17-10-19-9-15(17)11-20(18)14(4)16-7-6-12(2)8-13(16)3/h6-8,14-15,17-19H,5,9-11H2,1-4H3. The topological polar surface area (TPSA) is 15.3 Å². The van der Waals surface area contributed by atoms with Crippen LogP contribution in [0.2, 0.25) is 0 Å². The van der Waals surface area contributed by atoms with Crippen LogP contribution in [0.4, 0.5) is 0 Å². The van der Waals surface area contributed by atoms with Crippen LogP contribution in [0.5, 0.6) is 0 Å². The first-order chi connectivity index (χ1) is 9.61. The first kappa shape index (κ1) is 14.1. The molecule has 20 heavy (non-hydrogen) atoms. The molecule has 0 spiro atoms. The van der Waals surface area contributed by atoms with Gasteiger partial charge in [0.15, 0.2) is 0 Å². The van der Waals surface area contributed by atoms with Crippen molar-refractivity contribution in [2.75, 3.05) is 19.6 Å². The predicted octanol–water partition coefficient (Wildman–Crippen LogP) is 3.29. The van der Waals surface area contributed by atoms with Crippen LogP contribution < -0.4 is 5.32 Å². The van der Waals surface area contributed by atoms with Crippen molar-refractivity contribution in [3.8, 4) is 0 Å². The first-order valence-corrected chi connectivity index (χ1v) is 8.15. The molecular formula is C18H28N2. The molecule has 2 saturated heterocycles. The zero-order chi connectivity index (χ0) is 14.3. The molecule has 2 fully saturated rings. The second kappa shape index (κ2) is 5.50. The summed E-state index contributed by atoms with van der Waals surface area (Å²) in [5.74, 6) is 1.74. The summed E-state index contributed by atoms with van der Waals surface area (Å²) in [6, 6.07) is 8.23. The highest BCUT2D eigenvalue weighted by Gasteiger charge is 2.44. The SMILES string of the molecule is CCC1C2CNCC2CN1C(C)c1ccc(C)cc1C. The van der Waals surface area contributed by atoms with Gasteiger partial charge in [-0.3, -0.25) is 4.90 Å². The number of likely N-dealkylation sites (tertiary alicyclic amines) is 1. The van der Waals surface area contributed by atoms with Crippen LogP contribution in [0, 0.1) is 25.7 Å². The minimum Gasteiger partial charge on any atom is -0.316 e. The number of fused-ring (bicyclic) bond motifs is 1. The van der Waals surface area contributed by atoms with Crippen molar-refractivity contribution in [3.63, 3.8) is 0 Å². The highest BCUT2D eigenvalue weighted by molar-refractivity contribution is 5.33. The van der Waals surface area contributed by atoms with Gasteiger partial charge >= 0.3 is 0 Å². The summed E-state index contributed by atoms with van der Waals surface area (Å²) in [6.45, 7) is 12.9. The Morgan fingerprint density at radius 1 is 1.30 bits per heavy atom. The van der Waals surface area contributed by atoms with Crippen molar-refractivity contribution in [1.29, 1.82) is 0 Å². The van der Waals surface area contributed by atoms with Crippen molar-refractivity contribution in [1.82, 2.24) is 10.2 Å². The Kier molecular flexibility index (Phi) is 3.87. The van der Waals surface area contributed by atoms with Crippen molar-refractivity contribution >= 4 is 0 Å². The molecule has 0 radical (unpaired) electrons. The highest BCUT2D eigenvalue weighted by Crippen LogP contribution is 2.39. The van der Waals surface area contributed by atoms with E-state index in [2.05, 4.69) is 56.1 Å². The summed E-state index contributed by atoms with van der Waals surface area (Å²) in [5, 5.41) is 3.58. The lowest BCUT2D eigenvalue weighted by molar-refractivity contribution is 0.165. The zero-order valence-corrected chi connectivity index (χ0v) is 13.3. The second-order valence-electron chi connectivity index (χ2n) is 6.79. The zero-order valence-electron chi connectivity index (χ0n) is 13.3. The molecule has 0 aromatic heterocycles. The lowest BCUT2D eigenvalue weighted by Gasteiger charge is -2.33. The quantitative estimate of drug-likeness (QED) is 0.908. The smallest absolute Gasteiger partial charge is 0.0325 e. The van der Waals surface area contributed by atoms with Gasteiger partial charge in [0.05, 0.1) is 0 Å². The largest absolute Gasteiger partial charge is 0.316 e. The van der Waals surface area contributed by atoms with E-state index in [4.69, 9.17) is 0 Å². The molecule has 3 rings (SSSR count). The number of nitrogens with one attached hydrogen (secondary N) is 1. The molecule has 2 heteroatoms. The lowest BCUT2D eigenvalue weighted by atomic mass is 9.92. The van der Waals surface area contributed by atoms with E-state index in [1.165, 1.54) is 42.7 Å². The summed E-state index contributed by atoms with van der Waals surface area (Å²) in [7, 11) is 0. The minimum absolute atomic E-state index is 0.547. The van der Waals surface area contributed by atoms with Gasteiger partial charge < -0.3 is 5.32 Å². The van der Waals surface area contributed by atoms with Crippen LogP contribution >= 0.6 is 0 Å². The third-order valence-corrected chi connectivity index (χ3v) is 5.55. The van der Waals surface area contributed by atoms with Gasteiger partial charge in [0.1, 0.15) is 0 Å². The Hall–Kier alpha value is -0.860. The summed E-state index contributed by atoms with van der Waals surface area (Å²) >= 11 is 0. The average molecular weight is 272 g/mol. The van der Waals surface area contributed by atoms with Gasteiger partial charge in [-0.1, -0.05) is 30.7 Å². The van der Waals surface area contributed by atoms with Gasteiger partial charge in [-0.05, 0) is 63.2 Å². The summed E-state index contributed by atoms with van der Waals surface area (Å²) < 4.78 is 0. The molecule has 0 amide bonds. The molecule has 4 unspecified atom stereocenters. The Morgan fingerprint density at radius 3 is 2.80 bits per heavy atom. The van der Waals surface area contributed by atoms with E-state index in [1.807, 2.05) is 0 Å². The minimum atomic E-state index is 0.547. The predicted molar refractivity (Wildman–Crippen MR) is 85.0 cm³/mol. The first-order valence-electron chi connectivity index (χ1n) is 8.15. The Morgan fingerprint density at radius 2 is 2.10 bits per heavy atom. The molecule has 2 heterocycles. The molecule has 0 bridgehead atoms. The monoisotopic (exact) mass is 272 g/mol. The van der Waals surface area contributed by atoms with Crippen molar-refractivity contribution < 1.29 is 0 Å². The summed E-state index contributed by atoms with van der Waals surface area (Å²) in [4.78, 5) is 2.77. The Labute approximate surface area is 123 Å². The van der Waals surface area contributed by atoms with Crippen LogP contribution in [0.15, 0.2) is 18.2 Å². The second-order valence-corrected chi connectivity index (χ2v) is 6.79. The van der Waals surface area contributed by atoms with Crippen LogP contribution in [0.3, 0.4) is 0 Å². The van der Waals surface area contributed by atoms with Crippen LogP contribution in [-0.4, -0.2) is 30.6 Å². The normalized spacial score (nSPS) is 31.5. The third-order valence-electron chi connectivity index (χ3n) is 5.55. The van der Waals surface area contributed by atoms with Crippen LogP contribution in [0.25, 0.3) is 0 Å². The third kappa shape index (κ3) is 2.29. The van der Waals surface area contributed by atoms with Gasteiger partial charge in [-0.25, -0.2) is 0 Å². The van der Waals surface area contributed by atoms with Crippen molar-refractivity contribution in [2.24, 2.45) is 11.8 Å². The van der Waals surface area contributed by atoms with E-state index >= 15 is 0 Å². The molecule has 1 aromatic carbocycles. The van der Waals surface area contributed by atoms with Crippen molar-refractivity contribution in [3.05, 3.63) is 34.9 Å². The summed E-state index contributed by atoms with van der Waals surface area (Å²) in [6.07, 6.45) is 1.28. The molecule has 1 aromatic rings. The van der Waals surface area contributed by atoms with Gasteiger partial charge in [0, 0.05) is 18.6 Å². The van der Waals surface area contributed by atoms with Gasteiger partial charge in [0.25, 0.3) is 0 Å². The van der Waals surface area contributed by atoms with Crippen LogP contribution in [0.1, 0.15) is 43.0 Å². The number of hydrogen-bond acceptors (Lipinski definition) is 2. The number of rotatable bonds is 3. The maximum atomic E-state index is 3.58. The molecule has 2 nitrogen and oxygen atoms in total. The van der Waals surface area contributed by atoms with E-state index in [1.54, 1.807) is 0 Å². The Bertz CT molecular complexity index is 482. The fourth-order valence-electron chi connectivity index (χ4n) is 4.51. The van der Waals surface area contributed by atoms with E-state index < -0.39 is 0 Å². The number of hydrogen-bond donors (Lipinski definition) is 1. The molecule has 2 aliphatic rings. The van der Waals surface area contributed by atoms with Gasteiger partial charge in [0.2, 0.25) is 0 Å². The van der Waals surface area contributed by atoms with E-state index in [0.717, 1.165) is 17.9 Å². The maximum Gasteiger partial charge on any atom is 0.0325 e. The molecular weight excluding hydrogens is 244 g/mol. The van der Waals surface area contributed by atoms with Crippen LogP contribution in [-0.2, 0) is 0 Å². The molecule has 1 N–H and O–H groups in total. The maximum absolute atomic E-state index is 3.58. The van der Waals surface area contributed by atoms with Crippen molar-refractivity contribution in [2.45, 2.75) is 46.2 Å². The van der Waals surface area contributed by atoms with Gasteiger partial charge in [-0.2, -0.15) is 0 Å².